The summed E-state index contributed by atoms with van der Waals surface area (Å²) in [5.41, 5.74) is 3.73. The maximum absolute atomic E-state index is 4.74. The van der Waals surface area contributed by atoms with Crippen molar-refractivity contribution in [2.75, 3.05) is 0 Å². The van der Waals surface area contributed by atoms with Gasteiger partial charge < -0.3 is 0 Å². The Bertz CT molecular complexity index is 433. The van der Waals surface area contributed by atoms with E-state index in [4.69, 9.17) is 4.98 Å². The van der Waals surface area contributed by atoms with Crippen LogP contribution in [-0.4, -0.2) is 9.97 Å². The van der Waals surface area contributed by atoms with Crippen molar-refractivity contribution in [1.82, 2.24) is 9.97 Å². The van der Waals surface area contributed by atoms with Crippen molar-refractivity contribution < 1.29 is 0 Å². The minimum atomic E-state index is 1.07. The molecule has 2 aromatic rings. The number of rotatable bonds is 4. The van der Waals surface area contributed by atoms with Crippen LogP contribution in [0, 0.1) is 0 Å². The van der Waals surface area contributed by atoms with E-state index in [1.807, 2.05) is 18.5 Å². The van der Waals surface area contributed by atoms with Crippen LogP contribution in [0.4, 0.5) is 0 Å². The van der Waals surface area contributed by atoms with Crippen molar-refractivity contribution in [3.8, 4) is 0 Å². The van der Waals surface area contributed by atoms with E-state index in [1.165, 1.54) is 17.7 Å². The zero-order valence-electron chi connectivity index (χ0n) is 10.0. The Kier molecular flexibility index (Phi) is 3.50. The highest BCUT2D eigenvalue weighted by atomic mass is 14.7. The number of aromatic nitrogens is 2. The maximum Gasteiger partial charge on any atom is 0.0736 e. The van der Waals surface area contributed by atoms with Gasteiger partial charge in [-0.3, -0.25) is 9.97 Å². The molecule has 0 unspecified atom stereocenters. The van der Waals surface area contributed by atoms with Gasteiger partial charge in [0.1, 0.15) is 0 Å². The quantitative estimate of drug-likeness (QED) is 0.778. The topological polar surface area (TPSA) is 25.8 Å². The third-order valence-electron chi connectivity index (χ3n) is 2.79. The molecule has 0 radical (unpaired) electrons. The average Bonchev–Trinajstić information content (AvgIpc) is 2.30. The third-order valence-corrected chi connectivity index (χ3v) is 2.79. The molecule has 16 heavy (non-hydrogen) atoms. The first-order chi connectivity index (χ1) is 7.85. The van der Waals surface area contributed by atoms with Crippen LogP contribution >= 0.6 is 0 Å². The molecule has 0 N–H and O–H groups in total. The van der Waals surface area contributed by atoms with Crippen LogP contribution in [0.1, 0.15) is 37.9 Å². The van der Waals surface area contributed by atoms with Crippen molar-refractivity contribution in [2.45, 2.75) is 39.5 Å². The zero-order chi connectivity index (χ0) is 11.4. The standard InChI is InChI=1S/C14H18N2/c1-3-5-11-9-12-10-15-8-7-14(12)16-13(11)6-4-2/h7-10H,3-6H2,1-2H3. The van der Waals surface area contributed by atoms with E-state index in [0.29, 0.717) is 0 Å². The second-order valence-electron chi connectivity index (χ2n) is 4.16. The van der Waals surface area contributed by atoms with Crippen LogP contribution in [0.25, 0.3) is 10.9 Å². The molecule has 0 saturated heterocycles. The first kappa shape index (κ1) is 11.1. The molecule has 0 bridgehead atoms. The van der Waals surface area contributed by atoms with Gasteiger partial charge >= 0.3 is 0 Å². The highest BCUT2D eigenvalue weighted by Gasteiger charge is 2.05. The Morgan fingerprint density at radius 1 is 1.12 bits per heavy atom. The fourth-order valence-corrected chi connectivity index (χ4v) is 2.04. The monoisotopic (exact) mass is 214 g/mol. The summed E-state index contributed by atoms with van der Waals surface area (Å²) in [4.78, 5) is 8.89. The van der Waals surface area contributed by atoms with Gasteiger partial charge in [0.05, 0.1) is 5.52 Å². The minimum Gasteiger partial charge on any atom is -0.264 e. The Labute approximate surface area is 96.7 Å². The third kappa shape index (κ3) is 2.21. The molecule has 0 atom stereocenters. The second kappa shape index (κ2) is 5.06. The SMILES string of the molecule is CCCc1cc2cnccc2nc1CCC. The molecule has 0 aromatic carbocycles. The molecule has 0 aliphatic carbocycles. The van der Waals surface area contributed by atoms with Crippen molar-refractivity contribution >= 4 is 10.9 Å². The molecule has 0 aliphatic rings. The molecular weight excluding hydrogens is 196 g/mol. The van der Waals surface area contributed by atoms with Crippen LogP contribution in [0.15, 0.2) is 24.5 Å². The second-order valence-corrected chi connectivity index (χ2v) is 4.16. The lowest BCUT2D eigenvalue weighted by molar-refractivity contribution is 0.835. The molecule has 0 fully saturated rings. The van der Waals surface area contributed by atoms with Gasteiger partial charge in [0, 0.05) is 23.5 Å². The normalized spacial score (nSPS) is 10.9. The number of hydrogen-bond acceptors (Lipinski definition) is 2. The molecule has 2 rings (SSSR count). The molecule has 2 heterocycles. The van der Waals surface area contributed by atoms with E-state index in [2.05, 4.69) is 24.9 Å². The first-order valence-corrected chi connectivity index (χ1v) is 6.07. The predicted molar refractivity (Wildman–Crippen MR) is 67.5 cm³/mol. The highest BCUT2D eigenvalue weighted by molar-refractivity contribution is 5.78. The summed E-state index contributed by atoms with van der Waals surface area (Å²) in [5.74, 6) is 0. The largest absolute Gasteiger partial charge is 0.264 e. The first-order valence-electron chi connectivity index (χ1n) is 6.07. The average molecular weight is 214 g/mol. The fraction of sp³-hybridized carbons (Fsp3) is 0.429. The lowest BCUT2D eigenvalue weighted by Crippen LogP contribution is -1.98. The van der Waals surface area contributed by atoms with Crippen molar-refractivity contribution in [2.24, 2.45) is 0 Å². The summed E-state index contributed by atoms with van der Waals surface area (Å²) >= 11 is 0. The van der Waals surface area contributed by atoms with E-state index in [1.54, 1.807) is 0 Å². The van der Waals surface area contributed by atoms with Gasteiger partial charge in [-0.15, -0.1) is 0 Å². The van der Waals surface area contributed by atoms with E-state index in [0.717, 1.165) is 30.2 Å². The summed E-state index contributed by atoms with van der Waals surface area (Å²) in [5, 5.41) is 1.16. The lowest BCUT2D eigenvalue weighted by atomic mass is 10.0. The molecular formula is C14H18N2. The van der Waals surface area contributed by atoms with Crippen molar-refractivity contribution in [3.63, 3.8) is 0 Å². The maximum atomic E-state index is 4.74. The summed E-state index contributed by atoms with van der Waals surface area (Å²) in [6, 6.07) is 4.24. The Morgan fingerprint density at radius 3 is 2.69 bits per heavy atom. The van der Waals surface area contributed by atoms with Crippen molar-refractivity contribution in [3.05, 3.63) is 35.8 Å². The number of aryl methyl sites for hydroxylation is 2. The van der Waals surface area contributed by atoms with Gasteiger partial charge in [-0.2, -0.15) is 0 Å². The summed E-state index contributed by atoms with van der Waals surface area (Å²) in [7, 11) is 0. The molecule has 0 saturated carbocycles. The minimum absolute atomic E-state index is 1.07. The van der Waals surface area contributed by atoms with Crippen LogP contribution in [0.3, 0.4) is 0 Å². The van der Waals surface area contributed by atoms with Gasteiger partial charge in [0.25, 0.3) is 0 Å². The molecule has 2 heteroatoms. The highest BCUT2D eigenvalue weighted by Crippen LogP contribution is 2.18. The Balaban J connectivity index is 2.51. The van der Waals surface area contributed by atoms with Gasteiger partial charge in [-0.05, 0) is 30.5 Å². The van der Waals surface area contributed by atoms with Crippen molar-refractivity contribution in [1.29, 1.82) is 0 Å². The lowest BCUT2D eigenvalue weighted by Gasteiger charge is -2.08. The molecule has 0 amide bonds. The van der Waals surface area contributed by atoms with Gasteiger partial charge in [-0.1, -0.05) is 26.7 Å². The van der Waals surface area contributed by atoms with Crippen LogP contribution < -0.4 is 0 Å². The van der Waals surface area contributed by atoms with E-state index in [9.17, 15) is 0 Å². The van der Waals surface area contributed by atoms with Gasteiger partial charge in [0.15, 0.2) is 0 Å². The molecule has 2 nitrogen and oxygen atoms in total. The Morgan fingerprint density at radius 2 is 1.94 bits per heavy atom. The number of hydrogen-bond donors (Lipinski definition) is 0. The zero-order valence-corrected chi connectivity index (χ0v) is 10.0. The summed E-state index contributed by atoms with van der Waals surface area (Å²) in [6.07, 6.45) is 8.23. The smallest absolute Gasteiger partial charge is 0.0736 e. The van der Waals surface area contributed by atoms with Gasteiger partial charge in [-0.25, -0.2) is 0 Å². The molecule has 0 spiro atoms. The van der Waals surface area contributed by atoms with Gasteiger partial charge in [0.2, 0.25) is 0 Å². The van der Waals surface area contributed by atoms with Crippen LogP contribution in [0.5, 0.6) is 0 Å². The van der Waals surface area contributed by atoms with Crippen LogP contribution in [-0.2, 0) is 12.8 Å². The Hall–Kier alpha value is -1.44. The predicted octanol–water partition coefficient (Wildman–Crippen LogP) is 3.53. The summed E-state index contributed by atoms with van der Waals surface area (Å²) in [6.45, 7) is 4.41. The molecule has 84 valence electrons. The van der Waals surface area contributed by atoms with E-state index in [-0.39, 0.29) is 0 Å². The van der Waals surface area contributed by atoms with E-state index < -0.39 is 0 Å². The number of nitrogens with zero attached hydrogens (tertiary/aromatic N) is 2. The number of fused-ring (bicyclic) bond motifs is 1. The molecule has 2 aromatic heterocycles. The summed E-state index contributed by atoms with van der Waals surface area (Å²) < 4.78 is 0. The van der Waals surface area contributed by atoms with Crippen LogP contribution in [0.2, 0.25) is 0 Å². The van der Waals surface area contributed by atoms with E-state index >= 15 is 0 Å². The number of pyridine rings is 2. The fourth-order valence-electron chi connectivity index (χ4n) is 2.04. The molecule has 0 aliphatic heterocycles.